The number of carbonyl (C=O) groups is 1. The zero-order valence-electron chi connectivity index (χ0n) is 13.6. The smallest absolute Gasteiger partial charge is 0.238 e. The Morgan fingerprint density at radius 1 is 1.21 bits per heavy atom. The van der Waals surface area contributed by atoms with Crippen LogP contribution < -0.4 is 10.2 Å². The summed E-state index contributed by atoms with van der Waals surface area (Å²) in [5.41, 5.74) is 1.05. The van der Waals surface area contributed by atoms with Gasteiger partial charge < -0.3 is 10.2 Å². The van der Waals surface area contributed by atoms with E-state index in [2.05, 4.69) is 25.1 Å². The zero-order valence-corrected chi connectivity index (χ0v) is 13.6. The van der Waals surface area contributed by atoms with Gasteiger partial charge in [0.15, 0.2) is 0 Å². The van der Waals surface area contributed by atoms with Crippen molar-refractivity contribution < 1.29 is 9.18 Å². The van der Waals surface area contributed by atoms with Crippen LogP contribution in [0.2, 0.25) is 0 Å². The summed E-state index contributed by atoms with van der Waals surface area (Å²) in [7, 11) is 0. The highest BCUT2D eigenvalue weighted by molar-refractivity contribution is 5.92. The lowest BCUT2D eigenvalue weighted by atomic mass is 10.2. The Morgan fingerprint density at radius 2 is 1.92 bits per heavy atom. The highest BCUT2D eigenvalue weighted by atomic mass is 19.1. The second kappa shape index (κ2) is 7.35. The summed E-state index contributed by atoms with van der Waals surface area (Å²) in [6.07, 6.45) is 3.45. The molecule has 7 heteroatoms. The molecule has 3 rings (SSSR count). The number of amides is 1. The van der Waals surface area contributed by atoms with Gasteiger partial charge in [-0.05, 0) is 30.7 Å². The molecular weight excluding hydrogens is 309 g/mol. The lowest BCUT2D eigenvalue weighted by Crippen LogP contribution is -2.49. The third-order valence-electron chi connectivity index (χ3n) is 4.03. The number of hydrogen-bond acceptors (Lipinski definition) is 5. The number of piperazine rings is 1. The van der Waals surface area contributed by atoms with Gasteiger partial charge in [0.1, 0.15) is 5.82 Å². The van der Waals surface area contributed by atoms with Crippen molar-refractivity contribution in [1.29, 1.82) is 0 Å². The van der Waals surface area contributed by atoms with Crippen LogP contribution in [0.1, 0.15) is 5.56 Å². The van der Waals surface area contributed by atoms with E-state index in [1.807, 2.05) is 0 Å². The van der Waals surface area contributed by atoms with Gasteiger partial charge in [-0.2, -0.15) is 0 Å². The molecule has 1 amide bonds. The molecule has 0 aliphatic carbocycles. The topological polar surface area (TPSA) is 61.4 Å². The molecule has 1 saturated heterocycles. The third-order valence-corrected chi connectivity index (χ3v) is 4.03. The SMILES string of the molecule is Cc1ccc(NC(=O)CN2CCN(c3ncccn3)CC2)cc1F. The summed E-state index contributed by atoms with van der Waals surface area (Å²) in [5.74, 6) is 0.267. The Balaban J connectivity index is 1.49. The molecule has 0 unspecified atom stereocenters. The quantitative estimate of drug-likeness (QED) is 0.925. The van der Waals surface area contributed by atoms with Gasteiger partial charge in [-0.25, -0.2) is 14.4 Å². The minimum Gasteiger partial charge on any atom is -0.338 e. The van der Waals surface area contributed by atoms with E-state index in [0.717, 1.165) is 32.1 Å². The lowest BCUT2D eigenvalue weighted by Gasteiger charge is -2.34. The molecule has 2 aromatic rings. The summed E-state index contributed by atoms with van der Waals surface area (Å²) in [5, 5.41) is 2.74. The molecule has 1 aromatic heterocycles. The fraction of sp³-hybridized carbons (Fsp3) is 0.353. The Morgan fingerprint density at radius 3 is 2.58 bits per heavy atom. The number of hydrogen-bond donors (Lipinski definition) is 1. The van der Waals surface area contributed by atoms with Gasteiger partial charge in [-0.15, -0.1) is 0 Å². The summed E-state index contributed by atoms with van der Waals surface area (Å²) in [4.78, 5) is 24.8. The van der Waals surface area contributed by atoms with E-state index < -0.39 is 0 Å². The molecule has 1 aliphatic heterocycles. The summed E-state index contributed by atoms with van der Waals surface area (Å²) in [6.45, 7) is 5.05. The highest BCUT2D eigenvalue weighted by Crippen LogP contribution is 2.14. The average molecular weight is 329 g/mol. The molecule has 24 heavy (non-hydrogen) atoms. The zero-order chi connectivity index (χ0) is 16.9. The first-order chi connectivity index (χ1) is 11.6. The minimum atomic E-state index is -0.315. The van der Waals surface area contributed by atoms with Gasteiger partial charge in [-0.1, -0.05) is 6.07 Å². The molecule has 0 saturated carbocycles. The fourth-order valence-electron chi connectivity index (χ4n) is 2.63. The van der Waals surface area contributed by atoms with Gasteiger partial charge >= 0.3 is 0 Å². The molecule has 0 spiro atoms. The standard InChI is InChI=1S/C17H20FN5O/c1-13-3-4-14(11-15(13)18)21-16(24)12-22-7-9-23(10-8-22)17-19-5-2-6-20-17/h2-6,11H,7-10,12H2,1H3,(H,21,24). The first-order valence-electron chi connectivity index (χ1n) is 7.92. The number of anilines is 2. The van der Waals surface area contributed by atoms with Crippen LogP contribution in [0.3, 0.4) is 0 Å². The Hall–Kier alpha value is -2.54. The third kappa shape index (κ3) is 4.05. The van der Waals surface area contributed by atoms with E-state index >= 15 is 0 Å². The summed E-state index contributed by atoms with van der Waals surface area (Å²) in [6, 6.07) is 6.50. The van der Waals surface area contributed by atoms with Crippen molar-refractivity contribution in [1.82, 2.24) is 14.9 Å². The van der Waals surface area contributed by atoms with Crippen molar-refractivity contribution in [3.8, 4) is 0 Å². The molecule has 1 aliphatic rings. The number of carbonyl (C=O) groups excluding carboxylic acids is 1. The molecule has 0 radical (unpaired) electrons. The number of halogens is 1. The normalized spacial score (nSPS) is 15.3. The summed E-state index contributed by atoms with van der Waals surface area (Å²) >= 11 is 0. The number of nitrogens with one attached hydrogen (secondary N) is 1. The van der Waals surface area contributed by atoms with Gasteiger partial charge in [0.05, 0.1) is 6.54 Å². The van der Waals surface area contributed by atoms with Gasteiger partial charge in [0, 0.05) is 44.3 Å². The molecule has 1 aromatic carbocycles. The van der Waals surface area contributed by atoms with E-state index in [1.54, 1.807) is 37.5 Å². The van der Waals surface area contributed by atoms with Crippen molar-refractivity contribution in [2.75, 3.05) is 42.9 Å². The van der Waals surface area contributed by atoms with Crippen LogP contribution >= 0.6 is 0 Å². The molecule has 2 heterocycles. The molecule has 1 fully saturated rings. The van der Waals surface area contributed by atoms with Crippen molar-refractivity contribution in [2.45, 2.75) is 6.92 Å². The first kappa shape index (κ1) is 16.3. The highest BCUT2D eigenvalue weighted by Gasteiger charge is 2.20. The van der Waals surface area contributed by atoms with Crippen LogP contribution in [0, 0.1) is 12.7 Å². The molecule has 0 atom stereocenters. The largest absolute Gasteiger partial charge is 0.338 e. The Bertz CT molecular complexity index is 701. The Kier molecular flexibility index (Phi) is 5.00. The maximum Gasteiger partial charge on any atom is 0.238 e. The predicted molar refractivity (Wildman–Crippen MR) is 90.5 cm³/mol. The van der Waals surface area contributed by atoms with E-state index in [4.69, 9.17) is 0 Å². The molecule has 126 valence electrons. The molecule has 1 N–H and O–H groups in total. The van der Waals surface area contributed by atoms with E-state index in [9.17, 15) is 9.18 Å². The number of aromatic nitrogens is 2. The van der Waals surface area contributed by atoms with Crippen molar-refractivity contribution in [3.05, 3.63) is 48.0 Å². The predicted octanol–water partition coefficient (Wildman–Crippen LogP) is 1.68. The second-order valence-electron chi connectivity index (χ2n) is 5.82. The van der Waals surface area contributed by atoms with Crippen LogP contribution in [0.4, 0.5) is 16.0 Å². The second-order valence-corrected chi connectivity index (χ2v) is 5.82. The lowest BCUT2D eigenvalue weighted by molar-refractivity contribution is -0.117. The van der Waals surface area contributed by atoms with Gasteiger partial charge in [0.25, 0.3) is 0 Å². The van der Waals surface area contributed by atoms with E-state index in [-0.39, 0.29) is 11.7 Å². The van der Waals surface area contributed by atoms with Crippen LogP contribution in [0.15, 0.2) is 36.7 Å². The fourth-order valence-corrected chi connectivity index (χ4v) is 2.63. The van der Waals surface area contributed by atoms with E-state index in [0.29, 0.717) is 17.8 Å². The van der Waals surface area contributed by atoms with Crippen LogP contribution in [-0.2, 0) is 4.79 Å². The minimum absolute atomic E-state index is 0.136. The molecular formula is C17H20FN5O. The van der Waals surface area contributed by atoms with Crippen molar-refractivity contribution >= 4 is 17.5 Å². The maximum absolute atomic E-state index is 13.5. The van der Waals surface area contributed by atoms with E-state index in [1.165, 1.54) is 6.07 Å². The number of nitrogens with zero attached hydrogens (tertiary/aromatic N) is 4. The Labute approximate surface area is 140 Å². The maximum atomic E-state index is 13.5. The van der Waals surface area contributed by atoms with Crippen LogP contribution in [0.5, 0.6) is 0 Å². The van der Waals surface area contributed by atoms with Gasteiger partial charge in [0.2, 0.25) is 11.9 Å². The number of benzene rings is 1. The van der Waals surface area contributed by atoms with Gasteiger partial charge in [-0.3, -0.25) is 9.69 Å². The monoisotopic (exact) mass is 329 g/mol. The summed E-state index contributed by atoms with van der Waals surface area (Å²) < 4.78 is 13.5. The number of rotatable bonds is 4. The number of aryl methyl sites for hydroxylation is 1. The van der Waals surface area contributed by atoms with Crippen molar-refractivity contribution in [3.63, 3.8) is 0 Å². The van der Waals surface area contributed by atoms with Crippen molar-refractivity contribution in [2.24, 2.45) is 0 Å². The van der Waals surface area contributed by atoms with Crippen LogP contribution in [-0.4, -0.2) is 53.5 Å². The average Bonchev–Trinajstić information content (AvgIpc) is 2.59. The van der Waals surface area contributed by atoms with Crippen LogP contribution in [0.25, 0.3) is 0 Å². The first-order valence-corrected chi connectivity index (χ1v) is 7.92. The molecule has 6 nitrogen and oxygen atoms in total. The molecule has 0 bridgehead atoms.